The lowest BCUT2D eigenvalue weighted by molar-refractivity contribution is 0.247. The van der Waals surface area contributed by atoms with Gasteiger partial charge in [-0.15, -0.1) is 0 Å². The Balaban J connectivity index is 1.67. The van der Waals surface area contributed by atoms with Crippen molar-refractivity contribution in [2.45, 2.75) is 38.8 Å². The van der Waals surface area contributed by atoms with Gasteiger partial charge in [0.25, 0.3) is 10.0 Å². The first-order valence-corrected chi connectivity index (χ1v) is 13.3. The van der Waals surface area contributed by atoms with Crippen molar-refractivity contribution < 1.29 is 12.8 Å². The first-order valence-electron chi connectivity index (χ1n) is 11.9. The second-order valence-electron chi connectivity index (χ2n) is 8.61. The van der Waals surface area contributed by atoms with Gasteiger partial charge in [-0.1, -0.05) is 55.0 Å². The highest BCUT2D eigenvalue weighted by atomic mass is 32.2. The molecule has 1 aliphatic carbocycles. The molecule has 0 saturated heterocycles. The zero-order valence-electron chi connectivity index (χ0n) is 19.7. The molecule has 2 N–H and O–H groups in total. The quantitative estimate of drug-likeness (QED) is 0.303. The van der Waals surface area contributed by atoms with Gasteiger partial charge in [-0.25, -0.2) is 17.4 Å². The van der Waals surface area contributed by atoms with E-state index in [0.29, 0.717) is 37.3 Å². The summed E-state index contributed by atoms with van der Waals surface area (Å²) in [6.07, 6.45) is 14.0. The molecule has 0 spiro atoms. The summed E-state index contributed by atoms with van der Waals surface area (Å²) in [6, 6.07) is 12.3. The Kier molecular flexibility index (Phi) is 8.28. The van der Waals surface area contributed by atoms with Gasteiger partial charge in [-0.3, -0.25) is 4.90 Å². The normalized spacial score (nSPS) is 14.0. The fourth-order valence-corrected chi connectivity index (χ4v) is 5.76. The molecule has 1 aromatic carbocycles. The summed E-state index contributed by atoms with van der Waals surface area (Å²) < 4.78 is 42.2. The van der Waals surface area contributed by atoms with Crippen molar-refractivity contribution in [3.63, 3.8) is 0 Å². The lowest BCUT2D eigenvalue weighted by Gasteiger charge is -2.22. The highest BCUT2D eigenvalue weighted by Gasteiger charge is 2.23. The van der Waals surface area contributed by atoms with Crippen molar-refractivity contribution in [3.8, 4) is 0 Å². The molecule has 0 saturated carbocycles. The maximum atomic E-state index is 13.7. The Labute approximate surface area is 206 Å². The molecule has 6 nitrogen and oxygen atoms in total. The molecular weight excluding hydrogens is 463 g/mol. The van der Waals surface area contributed by atoms with E-state index < -0.39 is 16.0 Å². The van der Waals surface area contributed by atoms with Gasteiger partial charge in [0.1, 0.15) is 0 Å². The minimum Gasteiger partial charge on any atom is -0.330 e. The molecule has 0 aliphatic heterocycles. The highest BCUT2D eigenvalue weighted by molar-refractivity contribution is 7.94. The number of halogens is 1. The van der Waals surface area contributed by atoms with Crippen LogP contribution in [0.5, 0.6) is 0 Å². The minimum atomic E-state index is -3.76. The summed E-state index contributed by atoms with van der Waals surface area (Å²) in [5, 5.41) is 0.881. The van der Waals surface area contributed by atoms with Crippen molar-refractivity contribution in [3.05, 3.63) is 101 Å². The van der Waals surface area contributed by atoms with Crippen molar-refractivity contribution in [1.29, 1.82) is 0 Å². The number of nitrogens with zero attached hydrogens (tertiary/aromatic N) is 3. The maximum absolute atomic E-state index is 13.7. The van der Waals surface area contributed by atoms with Gasteiger partial charge >= 0.3 is 0 Å². The minimum absolute atomic E-state index is 0.275. The molecule has 184 valence electrons. The molecule has 0 radical (unpaired) electrons. The van der Waals surface area contributed by atoms with E-state index >= 15 is 0 Å². The Morgan fingerprint density at radius 1 is 1.03 bits per heavy atom. The summed E-state index contributed by atoms with van der Waals surface area (Å²) in [7, 11) is -3.76. The number of hydrogen-bond acceptors (Lipinski definition) is 5. The van der Waals surface area contributed by atoms with Crippen LogP contribution in [-0.4, -0.2) is 35.4 Å². The summed E-state index contributed by atoms with van der Waals surface area (Å²) in [5.74, 6) is -0.507. The van der Waals surface area contributed by atoms with Crippen molar-refractivity contribution >= 4 is 20.9 Å². The fourth-order valence-electron chi connectivity index (χ4n) is 4.29. The van der Waals surface area contributed by atoms with Crippen LogP contribution >= 0.6 is 0 Å². The van der Waals surface area contributed by atoms with Crippen LogP contribution in [0.1, 0.15) is 36.9 Å². The predicted molar refractivity (Wildman–Crippen MR) is 138 cm³/mol. The van der Waals surface area contributed by atoms with Crippen molar-refractivity contribution in [2.24, 2.45) is 5.73 Å². The van der Waals surface area contributed by atoms with Crippen LogP contribution < -0.4 is 5.73 Å². The number of benzene rings is 1. The molecule has 1 aliphatic rings. The standard InChI is InChI=1S/C27H31FN4O2S/c28-27-16-10-11-23(30-27)21-31(18-9-3-8-17-29)19-22-20-32(26-15-7-6-14-25(22)26)35(33,34)24-12-4-1-2-5-13-24/h1-2,4,6-7,10-16,20H,3,5,8-9,17-19,21,29H2. The third-order valence-corrected chi connectivity index (χ3v) is 7.73. The van der Waals surface area contributed by atoms with Gasteiger partial charge in [0.2, 0.25) is 5.95 Å². The van der Waals surface area contributed by atoms with Gasteiger partial charge in [-0.05, 0) is 62.2 Å². The number of allylic oxidation sites excluding steroid dienone is 5. The average Bonchev–Trinajstić information content (AvgIpc) is 3.01. The summed E-state index contributed by atoms with van der Waals surface area (Å²) in [6.45, 7) is 2.40. The Bertz CT molecular complexity index is 1360. The summed E-state index contributed by atoms with van der Waals surface area (Å²) in [4.78, 5) is 6.49. The molecule has 3 aromatic rings. The van der Waals surface area contributed by atoms with E-state index in [-0.39, 0.29) is 4.91 Å². The molecule has 0 bridgehead atoms. The first-order chi connectivity index (χ1) is 17.0. The van der Waals surface area contributed by atoms with E-state index in [2.05, 4.69) is 9.88 Å². The second-order valence-corrected chi connectivity index (χ2v) is 10.4. The van der Waals surface area contributed by atoms with Crippen LogP contribution in [0, 0.1) is 5.95 Å². The van der Waals surface area contributed by atoms with E-state index in [0.717, 1.165) is 36.8 Å². The number of pyridine rings is 1. The number of fused-ring (bicyclic) bond motifs is 1. The molecule has 2 aromatic heterocycles. The molecule has 0 atom stereocenters. The highest BCUT2D eigenvalue weighted by Crippen LogP contribution is 2.28. The lowest BCUT2D eigenvalue weighted by atomic mass is 10.1. The van der Waals surface area contributed by atoms with Gasteiger partial charge in [-0.2, -0.15) is 4.39 Å². The number of nitrogens with two attached hydrogens (primary N) is 1. The Hall–Kier alpha value is -3.07. The van der Waals surface area contributed by atoms with Crippen molar-refractivity contribution in [2.75, 3.05) is 13.1 Å². The van der Waals surface area contributed by atoms with E-state index in [1.54, 1.807) is 30.5 Å². The van der Waals surface area contributed by atoms with E-state index in [1.807, 2.05) is 42.5 Å². The summed E-state index contributed by atoms with van der Waals surface area (Å²) >= 11 is 0. The maximum Gasteiger partial charge on any atom is 0.267 e. The number of unbranched alkanes of at least 4 members (excludes halogenated alkanes) is 2. The molecule has 35 heavy (non-hydrogen) atoms. The number of rotatable bonds is 11. The van der Waals surface area contributed by atoms with Gasteiger partial charge < -0.3 is 5.73 Å². The number of para-hydroxylation sites is 1. The predicted octanol–water partition coefficient (Wildman–Crippen LogP) is 4.88. The Morgan fingerprint density at radius 3 is 2.71 bits per heavy atom. The molecule has 2 heterocycles. The fraction of sp³-hybridized carbons (Fsp3) is 0.296. The van der Waals surface area contributed by atoms with Crippen LogP contribution in [0.15, 0.2) is 83.9 Å². The van der Waals surface area contributed by atoms with Crippen LogP contribution in [0.2, 0.25) is 0 Å². The topological polar surface area (TPSA) is 81.2 Å². The molecule has 8 heteroatoms. The van der Waals surface area contributed by atoms with Crippen LogP contribution in [-0.2, 0) is 23.1 Å². The lowest BCUT2D eigenvalue weighted by Crippen LogP contribution is -2.25. The molecular formula is C27H31FN4O2S. The number of hydrogen-bond donors (Lipinski definition) is 1. The van der Waals surface area contributed by atoms with E-state index in [4.69, 9.17) is 5.73 Å². The third kappa shape index (κ3) is 6.14. The van der Waals surface area contributed by atoms with Crippen LogP contribution in [0.3, 0.4) is 0 Å². The monoisotopic (exact) mass is 494 g/mol. The largest absolute Gasteiger partial charge is 0.330 e. The van der Waals surface area contributed by atoms with Gasteiger partial charge in [0.05, 0.1) is 16.1 Å². The van der Waals surface area contributed by atoms with Crippen LogP contribution in [0.25, 0.3) is 10.9 Å². The second kappa shape index (κ2) is 11.6. The molecule has 0 fully saturated rings. The molecule has 0 amide bonds. The molecule has 0 unspecified atom stereocenters. The van der Waals surface area contributed by atoms with Crippen LogP contribution in [0.4, 0.5) is 4.39 Å². The SMILES string of the molecule is NCCCCCN(Cc1cccc(F)n1)Cc1cn(S(=O)(=O)C2=CCC=CC=C2)c2ccccc12. The smallest absolute Gasteiger partial charge is 0.267 e. The average molecular weight is 495 g/mol. The molecule has 4 rings (SSSR count). The number of aromatic nitrogens is 2. The first kappa shape index (κ1) is 25.0. The van der Waals surface area contributed by atoms with Gasteiger partial charge in [0, 0.05) is 24.7 Å². The Morgan fingerprint density at radius 2 is 1.89 bits per heavy atom. The third-order valence-electron chi connectivity index (χ3n) is 6.01. The van der Waals surface area contributed by atoms with E-state index in [9.17, 15) is 12.8 Å². The zero-order valence-corrected chi connectivity index (χ0v) is 20.5. The summed E-state index contributed by atoms with van der Waals surface area (Å²) in [5.41, 5.74) is 7.83. The zero-order chi connectivity index (χ0) is 24.7. The van der Waals surface area contributed by atoms with Crippen molar-refractivity contribution in [1.82, 2.24) is 13.9 Å². The van der Waals surface area contributed by atoms with Gasteiger partial charge in [0.15, 0.2) is 0 Å². The van der Waals surface area contributed by atoms with E-state index in [1.165, 1.54) is 10.0 Å².